The van der Waals surface area contributed by atoms with Crippen molar-refractivity contribution in [3.8, 4) is 16.8 Å². The molecular weight excluding hydrogens is 438 g/mol. The highest BCUT2D eigenvalue weighted by atomic mass is 35.5. The minimum Gasteiger partial charge on any atom is -0.347 e. The molecule has 32 heavy (non-hydrogen) atoms. The Balaban J connectivity index is 0.00000216. The Morgan fingerprint density at radius 3 is 2.50 bits per heavy atom. The number of hydrogen-bond acceptors (Lipinski definition) is 3. The van der Waals surface area contributed by atoms with Gasteiger partial charge in [-0.15, -0.1) is 23.7 Å². The largest absolute Gasteiger partial charge is 0.347 e. The SMILES string of the molecule is Cl.O=C(N[C@H]1CN2CCC1CC2)c1cc2cccc(-c3cccc(-n4cccc4)c3)c2s1. The molecule has 6 heteroatoms. The lowest BCUT2D eigenvalue weighted by molar-refractivity contribution is 0.0622. The van der Waals surface area contributed by atoms with E-state index in [1.54, 1.807) is 11.3 Å². The van der Waals surface area contributed by atoms with Crippen molar-refractivity contribution < 1.29 is 4.79 Å². The van der Waals surface area contributed by atoms with E-state index in [2.05, 4.69) is 75.7 Å². The third-order valence-corrected chi connectivity index (χ3v) is 7.98. The Kier molecular flexibility index (Phi) is 5.80. The van der Waals surface area contributed by atoms with Crippen LogP contribution in [0.4, 0.5) is 0 Å². The summed E-state index contributed by atoms with van der Waals surface area (Å²) < 4.78 is 3.29. The van der Waals surface area contributed by atoms with E-state index < -0.39 is 0 Å². The lowest BCUT2D eigenvalue weighted by atomic mass is 9.84. The Morgan fingerprint density at radius 2 is 1.75 bits per heavy atom. The molecule has 2 aromatic carbocycles. The fourth-order valence-corrected chi connectivity index (χ4v) is 6.21. The van der Waals surface area contributed by atoms with Crippen LogP contribution in [0.25, 0.3) is 26.9 Å². The van der Waals surface area contributed by atoms with Crippen LogP contribution in [0.3, 0.4) is 0 Å². The van der Waals surface area contributed by atoms with Crippen LogP contribution >= 0.6 is 23.7 Å². The third kappa shape index (κ3) is 3.85. The van der Waals surface area contributed by atoms with Crippen LogP contribution < -0.4 is 5.32 Å². The molecule has 3 fully saturated rings. The Labute approximate surface area is 198 Å². The van der Waals surface area contributed by atoms with Gasteiger partial charge in [0, 0.05) is 35.4 Å². The normalized spacial score (nSPS) is 21.9. The molecule has 0 spiro atoms. The van der Waals surface area contributed by atoms with Gasteiger partial charge in [0.1, 0.15) is 0 Å². The fourth-order valence-electron chi connectivity index (χ4n) is 5.11. The highest BCUT2D eigenvalue weighted by Crippen LogP contribution is 2.36. The lowest BCUT2D eigenvalue weighted by Crippen LogP contribution is -2.57. The highest BCUT2D eigenvalue weighted by Gasteiger charge is 2.35. The van der Waals surface area contributed by atoms with Crippen LogP contribution in [0.1, 0.15) is 22.5 Å². The average molecular weight is 464 g/mol. The summed E-state index contributed by atoms with van der Waals surface area (Å²) in [7, 11) is 0. The van der Waals surface area contributed by atoms with E-state index in [9.17, 15) is 4.79 Å². The van der Waals surface area contributed by atoms with Crippen LogP contribution in [0.5, 0.6) is 0 Å². The molecule has 2 bridgehead atoms. The van der Waals surface area contributed by atoms with Crippen molar-refractivity contribution in [1.29, 1.82) is 0 Å². The number of nitrogens with one attached hydrogen (secondary N) is 1. The van der Waals surface area contributed by atoms with Gasteiger partial charge in [0.2, 0.25) is 0 Å². The first-order chi connectivity index (χ1) is 15.2. The van der Waals surface area contributed by atoms with Gasteiger partial charge in [-0.2, -0.15) is 0 Å². The van der Waals surface area contributed by atoms with Gasteiger partial charge in [-0.05, 0) is 78.7 Å². The van der Waals surface area contributed by atoms with E-state index in [0.29, 0.717) is 5.92 Å². The highest BCUT2D eigenvalue weighted by molar-refractivity contribution is 7.21. The maximum Gasteiger partial charge on any atom is 0.261 e. The van der Waals surface area contributed by atoms with Gasteiger partial charge in [-0.3, -0.25) is 4.79 Å². The second kappa shape index (κ2) is 8.74. The van der Waals surface area contributed by atoms with Gasteiger partial charge in [0.25, 0.3) is 5.91 Å². The summed E-state index contributed by atoms with van der Waals surface area (Å²) in [6.45, 7) is 3.37. The molecule has 7 rings (SSSR count). The van der Waals surface area contributed by atoms with Gasteiger partial charge < -0.3 is 14.8 Å². The fraction of sp³-hybridized carbons (Fsp3) is 0.269. The van der Waals surface area contributed by atoms with E-state index in [1.807, 2.05) is 12.1 Å². The van der Waals surface area contributed by atoms with Crippen LogP contribution in [-0.2, 0) is 0 Å². The minimum absolute atomic E-state index is 0. The van der Waals surface area contributed by atoms with Crippen molar-refractivity contribution >= 4 is 39.7 Å². The van der Waals surface area contributed by atoms with Gasteiger partial charge in [0.15, 0.2) is 0 Å². The molecule has 1 atom stereocenters. The van der Waals surface area contributed by atoms with Crippen LogP contribution in [0.15, 0.2) is 73.1 Å². The molecule has 1 N–H and O–H groups in total. The molecule has 3 saturated heterocycles. The molecule has 4 nitrogen and oxygen atoms in total. The molecule has 0 unspecified atom stereocenters. The van der Waals surface area contributed by atoms with Gasteiger partial charge >= 0.3 is 0 Å². The number of amides is 1. The van der Waals surface area contributed by atoms with E-state index >= 15 is 0 Å². The van der Waals surface area contributed by atoms with Crippen molar-refractivity contribution in [3.63, 3.8) is 0 Å². The summed E-state index contributed by atoms with van der Waals surface area (Å²) in [6, 6.07) is 21.3. The summed E-state index contributed by atoms with van der Waals surface area (Å²) in [6.07, 6.45) is 6.53. The molecule has 0 radical (unpaired) electrons. The molecule has 1 amide bonds. The second-order valence-corrected chi connectivity index (χ2v) is 9.75. The molecular formula is C26H26ClN3OS. The number of hydrogen-bond donors (Lipinski definition) is 1. The number of carbonyl (C=O) groups excluding carboxylic acids is 1. The molecule has 164 valence electrons. The van der Waals surface area contributed by atoms with E-state index in [-0.39, 0.29) is 24.4 Å². The van der Waals surface area contributed by atoms with Gasteiger partial charge in [0.05, 0.1) is 4.88 Å². The maximum absolute atomic E-state index is 13.1. The maximum atomic E-state index is 13.1. The summed E-state index contributed by atoms with van der Waals surface area (Å²) in [4.78, 5) is 16.4. The molecule has 2 aromatic heterocycles. The summed E-state index contributed by atoms with van der Waals surface area (Å²) >= 11 is 1.61. The zero-order valence-electron chi connectivity index (χ0n) is 17.7. The van der Waals surface area contributed by atoms with Gasteiger partial charge in [-0.25, -0.2) is 0 Å². The molecule has 4 aromatic rings. The first-order valence-corrected chi connectivity index (χ1v) is 11.9. The predicted octanol–water partition coefficient (Wildman–Crippen LogP) is 5.60. The van der Waals surface area contributed by atoms with E-state index in [4.69, 9.17) is 0 Å². The van der Waals surface area contributed by atoms with Crippen molar-refractivity contribution in [2.75, 3.05) is 19.6 Å². The zero-order chi connectivity index (χ0) is 20.8. The van der Waals surface area contributed by atoms with Crippen molar-refractivity contribution in [2.45, 2.75) is 18.9 Å². The van der Waals surface area contributed by atoms with Crippen molar-refractivity contribution in [3.05, 3.63) is 77.9 Å². The topological polar surface area (TPSA) is 37.3 Å². The van der Waals surface area contributed by atoms with E-state index in [1.165, 1.54) is 41.8 Å². The lowest BCUT2D eigenvalue weighted by Gasteiger charge is -2.44. The number of halogens is 1. The molecule has 0 saturated carbocycles. The van der Waals surface area contributed by atoms with E-state index in [0.717, 1.165) is 22.5 Å². The second-order valence-electron chi connectivity index (χ2n) is 8.69. The number of thiophene rings is 1. The van der Waals surface area contributed by atoms with Crippen LogP contribution in [0.2, 0.25) is 0 Å². The Morgan fingerprint density at radius 1 is 0.969 bits per heavy atom. The summed E-state index contributed by atoms with van der Waals surface area (Å²) in [5.41, 5.74) is 3.48. The number of piperidine rings is 3. The summed E-state index contributed by atoms with van der Waals surface area (Å²) in [5, 5.41) is 4.47. The first kappa shape index (κ1) is 21.3. The standard InChI is InChI=1S/C26H25N3OS.ClH/c30-26(27-23-17-28-13-9-18(23)10-14-28)24-16-20-6-4-8-22(25(20)31-24)19-5-3-7-21(15-19)29-11-1-2-12-29;/h1-8,11-12,15-16,18,23H,9-10,13-14,17H2,(H,27,30);1H/t23-;/m0./s1. The predicted molar refractivity (Wildman–Crippen MR) is 134 cm³/mol. The number of benzene rings is 2. The minimum atomic E-state index is 0. The quantitative estimate of drug-likeness (QED) is 0.427. The summed E-state index contributed by atoms with van der Waals surface area (Å²) in [5.74, 6) is 0.710. The molecule has 3 aliphatic heterocycles. The zero-order valence-corrected chi connectivity index (χ0v) is 19.4. The number of fused-ring (bicyclic) bond motifs is 4. The number of aromatic nitrogens is 1. The number of rotatable bonds is 4. The van der Waals surface area contributed by atoms with Crippen molar-refractivity contribution in [2.24, 2.45) is 5.92 Å². The number of carbonyl (C=O) groups is 1. The van der Waals surface area contributed by atoms with Gasteiger partial charge in [-0.1, -0.05) is 30.3 Å². The smallest absolute Gasteiger partial charge is 0.261 e. The molecule has 5 heterocycles. The number of nitrogens with zero attached hydrogens (tertiary/aromatic N) is 2. The van der Waals surface area contributed by atoms with Crippen molar-refractivity contribution in [1.82, 2.24) is 14.8 Å². The Hall–Kier alpha value is -2.60. The first-order valence-electron chi connectivity index (χ1n) is 11.0. The Bertz CT molecular complexity index is 1240. The monoisotopic (exact) mass is 463 g/mol. The van der Waals surface area contributed by atoms with Crippen LogP contribution in [0, 0.1) is 5.92 Å². The molecule has 0 aliphatic carbocycles. The van der Waals surface area contributed by atoms with Crippen LogP contribution in [-0.4, -0.2) is 41.1 Å². The average Bonchev–Trinajstić information content (AvgIpc) is 3.50. The third-order valence-electron chi connectivity index (χ3n) is 6.80. The molecule has 3 aliphatic rings.